The van der Waals surface area contributed by atoms with Crippen LogP contribution in [0, 0.1) is 13.8 Å². The number of para-hydroxylation sites is 1. The van der Waals surface area contributed by atoms with Crippen LogP contribution in [-0.2, 0) is 11.2 Å². The standard InChI is InChI=1S/C25H28ClNO4/c1-4-18-7-5-6-8-20(18)30-15-22(29)27-11-9-25(10-12-27)14-19(28)23-17(3)24(26)16(2)13-21(23)31-25/h5-8,13H,4,9-12,14-15H2,1-3H3. The molecule has 1 saturated heterocycles. The van der Waals surface area contributed by atoms with E-state index in [0.29, 0.717) is 48.7 Å². The maximum absolute atomic E-state index is 12.9. The fourth-order valence-electron chi connectivity index (χ4n) is 4.61. The first-order valence-electron chi connectivity index (χ1n) is 10.8. The third-order valence-electron chi connectivity index (χ3n) is 6.46. The summed E-state index contributed by atoms with van der Waals surface area (Å²) in [5, 5.41) is 0.622. The molecule has 1 spiro atoms. The minimum Gasteiger partial charge on any atom is -0.486 e. The number of ether oxygens (including phenoxy) is 2. The topological polar surface area (TPSA) is 55.8 Å². The lowest BCUT2D eigenvalue weighted by Crippen LogP contribution is -2.53. The molecule has 2 aliphatic heterocycles. The Bertz CT molecular complexity index is 1020. The monoisotopic (exact) mass is 441 g/mol. The molecule has 0 bridgehead atoms. The molecule has 0 atom stereocenters. The van der Waals surface area contributed by atoms with E-state index < -0.39 is 5.60 Å². The smallest absolute Gasteiger partial charge is 0.260 e. The molecule has 164 valence electrons. The Balaban J connectivity index is 1.40. The number of carbonyl (C=O) groups is 2. The lowest BCUT2D eigenvalue weighted by atomic mass is 9.81. The van der Waals surface area contributed by atoms with Gasteiger partial charge in [0.1, 0.15) is 17.1 Å². The molecule has 1 fully saturated rings. The summed E-state index contributed by atoms with van der Waals surface area (Å²) in [5.41, 5.74) is 2.83. The second-order valence-corrected chi connectivity index (χ2v) is 8.90. The van der Waals surface area contributed by atoms with Gasteiger partial charge < -0.3 is 14.4 Å². The van der Waals surface area contributed by atoms with Gasteiger partial charge in [-0.2, -0.15) is 0 Å². The van der Waals surface area contributed by atoms with Crippen LogP contribution in [0.4, 0.5) is 0 Å². The van der Waals surface area contributed by atoms with Crippen LogP contribution in [0.3, 0.4) is 0 Å². The molecule has 0 N–H and O–H groups in total. The number of Topliss-reactive ketones (excluding diaryl/α,β-unsaturated/α-hetero) is 1. The Morgan fingerprint density at radius 1 is 1.23 bits per heavy atom. The van der Waals surface area contributed by atoms with Crippen LogP contribution in [0.1, 0.15) is 53.2 Å². The highest BCUT2D eigenvalue weighted by Crippen LogP contribution is 2.43. The van der Waals surface area contributed by atoms with Crippen LogP contribution < -0.4 is 9.47 Å². The summed E-state index contributed by atoms with van der Waals surface area (Å²) in [5.74, 6) is 1.41. The summed E-state index contributed by atoms with van der Waals surface area (Å²) in [4.78, 5) is 27.5. The summed E-state index contributed by atoms with van der Waals surface area (Å²) in [6.07, 6.45) is 2.42. The molecule has 0 unspecified atom stereocenters. The van der Waals surface area contributed by atoms with Gasteiger partial charge in [-0.3, -0.25) is 9.59 Å². The van der Waals surface area contributed by atoms with Crippen molar-refractivity contribution in [3.63, 3.8) is 0 Å². The maximum Gasteiger partial charge on any atom is 0.260 e. The van der Waals surface area contributed by atoms with E-state index in [0.717, 1.165) is 28.9 Å². The van der Waals surface area contributed by atoms with E-state index in [1.54, 1.807) is 0 Å². The fourth-order valence-corrected chi connectivity index (χ4v) is 4.76. The van der Waals surface area contributed by atoms with Crippen molar-refractivity contribution in [3.8, 4) is 11.5 Å². The van der Waals surface area contributed by atoms with Crippen LogP contribution in [0.5, 0.6) is 11.5 Å². The molecule has 5 nitrogen and oxygen atoms in total. The number of hydrogen-bond donors (Lipinski definition) is 0. The van der Waals surface area contributed by atoms with E-state index in [2.05, 4.69) is 6.92 Å². The van der Waals surface area contributed by atoms with Gasteiger partial charge in [0.15, 0.2) is 12.4 Å². The molecule has 0 aliphatic carbocycles. The number of aryl methyl sites for hydroxylation is 2. The summed E-state index contributed by atoms with van der Waals surface area (Å²) in [7, 11) is 0. The lowest BCUT2D eigenvalue weighted by Gasteiger charge is -2.44. The molecule has 0 aromatic heterocycles. The SMILES string of the molecule is CCc1ccccc1OCC(=O)N1CCC2(CC1)CC(=O)c1c(cc(C)c(Cl)c1C)O2. The zero-order chi connectivity index (χ0) is 22.2. The van der Waals surface area contributed by atoms with E-state index in [-0.39, 0.29) is 18.3 Å². The summed E-state index contributed by atoms with van der Waals surface area (Å²) < 4.78 is 12.2. The number of amides is 1. The number of hydrogen-bond acceptors (Lipinski definition) is 4. The molecular weight excluding hydrogens is 414 g/mol. The van der Waals surface area contributed by atoms with Gasteiger partial charge in [-0.1, -0.05) is 36.7 Å². The van der Waals surface area contributed by atoms with Crippen molar-refractivity contribution < 1.29 is 19.1 Å². The lowest BCUT2D eigenvalue weighted by molar-refractivity contribution is -0.136. The minimum absolute atomic E-state index is 0.0174. The highest BCUT2D eigenvalue weighted by atomic mass is 35.5. The second kappa shape index (κ2) is 8.54. The third kappa shape index (κ3) is 4.16. The van der Waals surface area contributed by atoms with Crippen molar-refractivity contribution in [1.82, 2.24) is 4.90 Å². The number of likely N-dealkylation sites (tertiary alicyclic amines) is 1. The van der Waals surface area contributed by atoms with Crippen molar-refractivity contribution >= 4 is 23.3 Å². The van der Waals surface area contributed by atoms with Crippen molar-refractivity contribution in [1.29, 1.82) is 0 Å². The van der Waals surface area contributed by atoms with E-state index in [1.165, 1.54) is 0 Å². The Morgan fingerprint density at radius 2 is 1.94 bits per heavy atom. The predicted molar refractivity (Wildman–Crippen MR) is 120 cm³/mol. The van der Waals surface area contributed by atoms with Gasteiger partial charge >= 0.3 is 0 Å². The van der Waals surface area contributed by atoms with Crippen LogP contribution in [0.2, 0.25) is 5.02 Å². The van der Waals surface area contributed by atoms with Gasteiger partial charge in [-0.15, -0.1) is 0 Å². The van der Waals surface area contributed by atoms with Gasteiger partial charge in [-0.05, 0) is 49.1 Å². The number of rotatable bonds is 4. The first kappa shape index (κ1) is 21.7. The average Bonchev–Trinajstić information content (AvgIpc) is 2.76. The molecule has 2 aromatic rings. The van der Waals surface area contributed by atoms with Crippen LogP contribution in [-0.4, -0.2) is 41.9 Å². The Hall–Kier alpha value is -2.53. The second-order valence-electron chi connectivity index (χ2n) is 8.52. The Labute approximate surface area is 188 Å². The number of benzene rings is 2. The normalized spacial score (nSPS) is 17.3. The first-order valence-corrected chi connectivity index (χ1v) is 11.2. The Kier molecular flexibility index (Phi) is 5.98. The van der Waals surface area contributed by atoms with E-state index in [4.69, 9.17) is 21.1 Å². The van der Waals surface area contributed by atoms with E-state index in [1.807, 2.05) is 49.1 Å². The van der Waals surface area contributed by atoms with Crippen molar-refractivity contribution in [2.75, 3.05) is 19.7 Å². The molecule has 0 radical (unpaired) electrons. The number of carbonyl (C=O) groups excluding carboxylic acids is 2. The van der Waals surface area contributed by atoms with E-state index >= 15 is 0 Å². The number of fused-ring (bicyclic) bond motifs is 1. The minimum atomic E-state index is -0.552. The number of nitrogens with zero attached hydrogens (tertiary/aromatic N) is 1. The van der Waals surface area contributed by atoms with Gasteiger partial charge in [0.2, 0.25) is 0 Å². The van der Waals surface area contributed by atoms with Gasteiger partial charge in [0, 0.05) is 31.0 Å². The Morgan fingerprint density at radius 3 is 2.65 bits per heavy atom. The molecule has 6 heteroatoms. The largest absolute Gasteiger partial charge is 0.486 e. The molecule has 4 rings (SSSR count). The molecular formula is C25H28ClNO4. The quantitative estimate of drug-likeness (QED) is 0.675. The number of ketones is 1. The van der Waals surface area contributed by atoms with Gasteiger partial charge in [0.25, 0.3) is 5.91 Å². The first-order chi connectivity index (χ1) is 14.8. The molecule has 2 aliphatic rings. The number of halogens is 1. The van der Waals surface area contributed by atoms with Gasteiger partial charge in [0.05, 0.1) is 12.0 Å². The van der Waals surface area contributed by atoms with Crippen molar-refractivity contribution in [2.45, 2.75) is 52.1 Å². The van der Waals surface area contributed by atoms with Gasteiger partial charge in [-0.25, -0.2) is 0 Å². The summed E-state index contributed by atoms with van der Waals surface area (Å²) in [6, 6.07) is 9.65. The predicted octanol–water partition coefficient (Wildman–Crippen LogP) is 4.92. The zero-order valence-corrected chi connectivity index (χ0v) is 19.1. The molecule has 31 heavy (non-hydrogen) atoms. The summed E-state index contributed by atoms with van der Waals surface area (Å²) >= 11 is 6.34. The molecule has 1 amide bonds. The maximum atomic E-state index is 12.9. The van der Waals surface area contributed by atoms with Crippen LogP contribution >= 0.6 is 11.6 Å². The summed E-state index contributed by atoms with van der Waals surface area (Å²) in [6.45, 7) is 6.96. The average molecular weight is 442 g/mol. The van der Waals surface area contributed by atoms with Crippen molar-refractivity contribution in [3.05, 3.63) is 57.6 Å². The zero-order valence-electron chi connectivity index (χ0n) is 18.3. The molecule has 2 aromatic carbocycles. The fraction of sp³-hybridized carbons (Fsp3) is 0.440. The highest BCUT2D eigenvalue weighted by molar-refractivity contribution is 6.32. The highest BCUT2D eigenvalue weighted by Gasteiger charge is 2.44. The number of piperidine rings is 1. The third-order valence-corrected chi connectivity index (χ3v) is 7.05. The molecule has 0 saturated carbocycles. The molecule has 2 heterocycles. The van der Waals surface area contributed by atoms with E-state index in [9.17, 15) is 9.59 Å². The van der Waals surface area contributed by atoms with Crippen LogP contribution in [0.25, 0.3) is 0 Å². The van der Waals surface area contributed by atoms with Crippen molar-refractivity contribution in [2.24, 2.45) is 0 Å². The van der Waals surface area contributed by atoms with Crippen LogP contribution in [0.15, 0.2) is 30.3 Å².